The number of carbonyl (C=O) groups is 1. The van der Waals surface area contributed by atoms with E-state index in [-0.39, 0.29) is 23.1 Å². The summed E-state index contributed by atoms with van der Waals surface area (Å²) in [5, 5.41) is 1.22. The van der Waals surface area contributed by atoms with Gasteiger partial charge in [-0.15, -0.1) is 0 Å². The molecule has 0 fully saturated rings. The Labute approximate surface area is 170 Å². The first-order valence-corrected chi connectivity index (χ1v) is 10.6. The van der Waals surface area contributed by atoms with Crippen LogP contribution < -0.4 is 5.56 Å². The Morgan fingerprint density at radius 1 is 1.11 bits per heavy atom. The standard InChI is InChI=1S/C23H26N2O2S/c1-6-17(5)25-22(27)18-9-7-8-10-20(18)24-23(25)28-13-21(26)19-12-15(3)14(2)11-16(19)4/h7-12,17H,6,13H2,1-5H3. The van der Waals surface area contributed by atoms with Crippen LogP contribution in [0.1, 0.15) is 53.4 Å². The SMILES string of the molecule is CCC(C)n1c(SCC(=O)c2cc(C)c(C)cc2C)nc2ccccc2c1=O. The summed E-state index contributed by atoms with van der Waals surface area (Å²) in [4.78, 5) is 30.6. The molecule has 28 heavy (non-hydrogen) atoms. The first kappa shape index (κ1) is 20.3. The first-order valence-electron chi connectivity index (χ1n) is 9.58. The molecule has 0 radical (unpaired) electrons. The summed E-state index contributed by atoms with van der Waals surface area (Å²) < 4.78 is 1.73. The van der Waals surface area contributed by atoms with Gasteiger partial charge in [-0.05, 0) is 69.0 Å². The van der Waals surface area contributed by atoms with E-state index in [0.29, 0.717) is 16.1 Å². The molecule has 0 bridgehead atoms. The minimum Gasteiger partial charge on any atom is -0.293 e. The lowest BCUT2D eigenvalue weighted by Gasteiger charge is -2.18. The Bertz CT molecular complexity index is 1100. The molecule has 3 rings (SSSR count). The summed E-state index contributed by atoms with van der Waals surface area (Å²) in [7, 11) is 0. The van der Waals surface area contributed by atoms with Crippen molar-refractivity contribution in [3.63, 3.8) is 0 Å². The highest BCUT2D eigenvalue weighted by Gasteiger charge is 2.18. The lowest BCUT2D eigenvalue weighted by molar-refractivity contribution is 0.102. The highest BCUT2D eigenvalue weighted by Crippen LogP contribution is 2.24. The van der Waals surface area contributed by atoms with E-state index in [4.69, 9.17) is 4.98 Å². The van der Waals surface area contributed by atoms with Crippen LogP contribution in [0.15, 0.2) is 46.3 Å². The number of para-hydroxylation sites is 1. The first-order chi connectivity index (χ1) is 13.3. The highest BCUT2D eigenvalue weighted by molar-refractivity contribution is 7.99. The monoisotopic (exact) mass is 394 g/mol. The van der Waals surface area contributed by atoms with Crippen LogP contribution in [0, 0.1) is 20.8 Å². The zero-order valence-electron chi connectivity index (χ0n) is 17.1. The summed E-state index contributed by atoms with van der Waals surface area (Å²) in [6.07, 6.45) is 0.817. The van der Waals surface area contributed by atoms with E-state index >= 15 is 0 Å². The van der Waals surface area contributed by atoms with Crippen LogP contribution in [0.25, 0.3) is 10.9 Å². The average molecular weight is 395 g/mol. The van der Waals surface area contributed by atoms with Crippen molar-refractivity contribution in [1.82, 2.24) is 9.55 Å². The van der Waals surface area contributed by atoms with Gasteiger partial charge in [-0.3, -0.25) is 14.2 Å². The van der Waals surface area contributed by atoms with Crippen LogP contribution in [0.2, 0.25) is 0 Å². The third-order valence-corrected chi connectivity index (χ3v) is 6.23. The molecule has 0 aliphatic carbocycles. The molecular formula is C23H26N2O2S. The number of aromatic nitrogens is 2. The van der Waals surface area contributed by atoms with Gasteiger partial charge in [0.1, 0.15) is 0 Å². The molecule has 0 N–H and O–H groups in total. The van der Waals surface area contributed by atoms with Crippen LogP contribution in [0.3, 0.4) is 0 Å². The van der Waals surface area contributed by atoms with E-state index in [1.165, 1.54) is 17.3 Å². The van der Waals surface area contributed by atoms with Crippen molar-refractivity contribution >= 4 is 28.4 Å². The maximum Gasteiger partial charge on any atom is 0.262 e. The second kappa shape index (κ2) is 8.31. The summed E-state index contributed by atoms with van der Waals surface area (Å²) >= 11 is 1.34. The van der Waals surface area contributed by atoms with Crippen molar-refractivity contribution in [3.05, 3.63) is 69.0 Å². The molecule has 5 heteroatoms. The number of hydrogen-bond donors (Lipinski definition) is 0. The topological polar surface area (TPSA) is 52.0 Å². The predicted molar refractivity (Wildman–Crippen MR) is 117 cm³/mol. The van der Waals surface area contributed by atoms with Crippen molar-refractivity contribution in [2.45, 2.75) is 52.2 Å². The molecule has 3 aromatic rings. The Kier molecular flexibility index (Phi) is 6.04. The van der Waals surface area contributed by atoms with Crippen molar-refractivity contribution in [3.8, 4) is 0 Å². The lowest BCUT2D eigenvalue weighted by Crippen LogP contribution is -2.26. The number of aryl methyl sites for hydroxylation is 3. The van der Waals surface area contributed by atoms with Crippen LogP contribution >= 0.6 is 11.8 Å². The van der Waals surface area contributed by atoms with Gasteiger partial charge in [0.25, 0.3) is 5.56 Å². The fraction of sp³-hybridized carbons (Fsp3) is 0.348. The molecule has 146 valence electrons. The zero-order chi connectivity index (χ0) is 20.4. The molecule has 0 aliphatic heterocycles. The lowest BCUT2D eigenvalue weighted by atomic mass is 9.99. The number of ketones is 1. The number of Topliss-reactive ketones (excluding diaryl/α,β-unsaturated/α-hetero) is 1. The van der Waals surface area contributed by atoms with Gasteiger partial charge in [0, 0.05) is 11.6 Å². The molecule has 4 nitrogen and oxygen atoms in total. The number of rotatable bonds is 6. The molecule has 1 aromatic heterocycles. The Morgan fingerprint density at radius 2 is 1.79 bits per heavy atom. The molecule has 0 saturated carbocycles. The predicted octanol–water partition coefficient (Wildman–Crippen LogP) is 5.27. The second-order valence-corrected chi connectivity index (χ2v) is 8.25. The summed E-state index contributed by atoms with van der Waals surface area (Å²) in [6.45, 7) is 10.1. The Hall–Kier alpha value is -2.40. The second-order valence-electron chi connectivity index (χ2n) is 7.31. The van der Waals surface area contributed by atoms with Crippen molar-refractivity contribution in [2.75, 3.05) is 5.75 Å². The normalized spacial score (nSPS) is 12.3. The number of nitrogens with zero attached hydrogens (tertiary/aromatic N) is 2. The van der Waals surface area contributed by atoms with Crippen molar-refractivity contribution < 1.29 is 4.79 Å². The smallest absolute Gasteiger partial charge is 0.262 e. The largest absolute Gasteiger partial charge is 0.293 e. The average Bonchev–Trinajstić information content (AvgIpc) is 2.68. The minimum atomic E-state index is -0.0442. The van der Waals surface area contributed by atoms with Gasteiger partial charge in [-0.1, -0.05) is 36.9 Å². The Morgan fingerprint density at radius 3 is 2.50 bits per heavy atom. The summed E-state index contributed by atoms with van der Waals surface area (Å²) in [5.74, 6) is 0.314. The fourth-order valence-corrected chi connectivity index (χ4v) is 4.25. The van der Waals surface area contributed by atoms with Gasteiger partial charge >= 0.3 is 0 Å². The van der Waals surface area contributed by atoms with Gasteiger partial charge < -0.3 is 0 Å². The third-order valence-electron chi connectivity index (χ3n) is 5.28. The van der Waals surface area contributed by atoms with E-state index in [9.17, 15) is 9.59 Å². The molecule has 1 heterocycles. The van der Waals surface area contributed by atoms with Gasteiger partial charge in [0.2, 0.25) is 0 Å². The molecular weight excluding hydrogens is 368 g/mol. The van der Waals surface area contributed by atoms with Crippen LogP contribution in [-0.2, 0) is 0 Å². The molecule has 0 amide bonds. The molecule has 0 saturated heterocycles. The highest BCUT2D eigenvalue weighted by atomic mass is 32.2. The summed E-state index contributed by atoms with van der Waals surface area (Å²) in [5.41, 5.74) is 4.65. The number of fused-ring (bicyclic) bond motifs is 1. The van der Waals surface area contributed by atoms with Gasteiger partial charge in [-0.25, -0.2) is 4.98 Å². The number of carbonyl (C=O) groups excluding carboxylic acids is 1. The van der Waals surface area contributed by atoms with E-state index in [1.807, 2.05) is 58.0 Å². The number of thioether (sulfide) groups is 1. The number of hydrogen-bond acceptors (Lipinski definition) is 4. The molecule has 0 aliphatic rings. The zero-order valence-corrected chi connectivity index (χ0v) is 17.9. The van der Waals surface area contributed by atoms with Crippen LogP contribution in [0.4, 0.5) is 0 Å². The fourth-order valence-electron chi connectivity index (χ4n) is 3.27. The van der Waals surface area contributed by atoms with Gasteiger partial charge in [-0.2, -0.15) is 0 Å². The van der Waals surface area contributed by atoms with E-state index in [0.717, 1.165) is 23.1 Å². The minimum absolute atomic E-state index is 0.0190. The van der Waals surface area contributed by atoms with E-state index in [2.05, 4.69) is 13.0 Å². The third kappa shape index (κ3) is 3.90. The van der Waals surface area contributed by atoms with Crippen LogP contribution in [0.5, 0.6) is 0 Å². The molecule has 0 spiro atoms. The number of benzene rings is 2. The van der Waals surface area contributed by atoms with E-state index < -0.39 is 0 Å². The maximum atomic E-state index is 13.0. The maximum absolute atomic E-state index is 13.0. The molecule has 1 atom stereocenters. The van der Waals surface area contributed by atoms with Gasteiger partial charge in [0.15, 0.2) is 10.9 Å². The summed E-state index contributed by atoms with van der Waals surface area (Å²) in [6, 6.07) is 11.4. The van der Waals surface area contributed by atoms with Gasteiger partial charge in [0.05, 0.1) is 16.7 Å². The molecule has 1 unspecified atom stereocenters. The molecule has 2 aromatic carbocycles. The van der Waals surface area contributed by atoms with Crippen molar-refractivity contribution in [1.29, 1.82) is 0 Å². The van der Waals surface area contributed by atoms with Crippen LogP contribution in [-0.4, -0.2) is 21.1 Å². The quantitative estimate of drug-likeness (QED) is 0.325. The Balaban J connectivity index is 1.97. The van der Waals surface area contributed by atoms with E-state index in [1.54, 1.807) is 4.57 Å². The van der Waals surface area contributed by atoms with Crippen molar-refractivity contribution in [2.24, 2.45) is 0 Å².